The van der Waals surface area contributed by atoms with Crippen molar-refractivity contribution in [3.8, 4) is 11.5 Å². The molecule has 2 amide bonds. The molecule has 1 saturated heterocycles. The molecule has 0 bridgehead atoms. The number of piperidine rings is 1. The van der Waals surface area contributed by atoms with E-state index in [1.54, 1.807) is 18.2 Å². The first kappa shape index (κ1) is 18.1. The Morgan fingerprint density at radius 1 is 1.08 bits per heavy atom. The first-order valence-electron chi connectivity index (χ1n) is 8.61. The van der Waals surface area contributed by atoms with Crippen LogP contribution in [0.15, 0.2) is 18.2 Å². The molecule has 0 atom stereocenters. The molecule has 0 radical (unpaired) electrons. The van der Waals surface area contributed by atoms with Crippen LogP contribution in [-0.2, 0) is 4.79 Å². The molecule has 0 aromatic heterocycles. The molecule has 1 aliphatic heterocycles. The minimum atomic E-state index is -0.158. The van der Waals surface area contributed by atoms with Crippen LogP contribution in [-0.4, -0.2) is 49.6 Å². The fourth-order valence-corrected chi connectivity index (χ4v) is 2.67. The van der Waals surface area contributed by atoms with E-state index in [0.717, 1.165) is 25.9 Å². The van der Waals surface area contributed by atoms with Crippen LogP contribution in [0.25, 0.3) is 0 Å². The van der Waals surface area contributed by atoms with Crippen LogP contribution in [0, 0.1) is 0 Å². The summed E-state index contributed by atoms with van der Waals surface area (Å²) in [7, 11) is 0. The molecular weight excluding hydrogens is 308 g/mol. The van der Waals surface area contributed by atoms with Gasteiger partial charge in [-0.2, -0.15) is 0 Å². The third-order valence-corrected chi connectivity index (χ3v) is 3.90. The first-order chi connectivity index (χ1) is 11.7. The minimum absolute atomic E-state index is 0.00930. The number of rotatable bonds is 7. The van der Waals surface area contributed by atoms with Gasteiger partial charge in [0.05, 0.1) is 6.61 Å². The Kier molecular flexibility index (Phi) is 6.90. The number of nitrogens with one attached hydrogen (secondary N) is 1. The molecule has 24 heavy (non-hydrogen) atoms. The van der Waals surface area contributed by atoms with Gasteiger partial charge in [0.2, 0.25) is 0 Å². The highest BCUT2D eigenvalue weighted by Crippen LogP contribution is 2.28. The summed E-state index contributed by atoms with van der Waals surface area (Å²) in [5, 5.41) is 2.75. The quantitative estimate of drug-likeness (QED) is 0.830. The van der Waals surface area contributed by atoms with E-state index in [1.165, 1.54) is 6.42 Å². The number of benzene rings is 1. The highest BCUT2D eigenvalue weighted by molar-refractivity contribution is 5.94. The topological polar surface area (TPSA) is 67.9 Å². The molecule has 1 aliphatic rings. The van der Waals surface area contributed by atoms with Gasteiger partial charge in [-0.25, -0.2) is 0 Å². The number of nitrogens with zero attached hydrogens (tertiary/aromatic N) is 1. The lowest BCUT2D eigenvalue weighted by molar-refractivity contribution is -0.134. The van der Waals surface area contributed by atoms with E-state index in [4.69, 9.17) is 9.47 Å². The molecule has 0 aliphatic carbocycles. The number of hydrogen-bond acceptors (Lipinski definition) is 4. The zero-order chi connectivity index (χ0) is 17.4. The number of carbonyl (C=O) groups excluding carboxylic acids is 2. The van der Waals surface area contributed by atoms with Gasteiger partial charge in [-0.3, -0.25) is 9.59 Å². The minimum Gasteiger partial charge on any atom is -0.490 e. The summed E-state index contributed by atoms with van der Waals surface area (Å²) >= 11 is 0. The van der Waals surface area contributed by atoms with Gasteiger partial charge in [-0.1, -0.05) is 0 Å². The van der Waals surface area contributed by atoms with Crippen LogP contribution in [0.3, 0.4) is 0 Å². The summed E-state index contributed by atoms with van der Waals surface area (Å²) in [6, 6.07) is 5.00. The normalized spacial score (nSPS) is 14.2. The van der Waals surface area contributed by atoms with Gasteiger partial charge in [0.25, 0.3) is 11.8 Å². The van der Waals surface area contributed by atoms with E-state index in [1.807, 2.05) is 18.7 Å². The average molecular weight is 334 g/mol. The third kappa shape index (κ3) is 4.88. The SMILES string of the molecule is CCNC(=O)c1ccc(OCC(=O)N2CCCCC2)c(OCC)c1. The average Bonchev–Trinajstić information content (AvgIpc) is 2.61. The smallest absolute Gasteiger partial charge is 0.260 e. The van der Waals surface area contributed by atoms with E-state index < -0.39 is 0 Å². The lowest BCUT2D eigenvalue weighted by Crippen LogP contribution is -2.38. The van der Waals surface area contributed by atoms with Crippen LogP contribution in [0.5, 0.6) is 11.5 Å². The molecule has 0 spiro atoms. The molecule has 1 aromatic carbocycles. The predicted molar refractivity (Wildman–Crippen MR) is 91.5 cm³/mol. The van der Waals surface area contributed by atoms with E-state index in [-0.39, 0.29) is 18.4 Å². The third-order valence-electron chi connectivity index (χ3n) is 3.90. The summed E-state index contributed by atoms with van der Waals surface area (Å²) < 4.78 is 11.2. The summed E-state index contributed by atoms with van der Waals surface area (Å²) in [4.78, 5) is 26.0. The van der Waals surface area contributed by atoms with Crippen LogP contribution in [0.2, 0.25) is 0 Å². The van der Waals surface area contributed by atoms with Crippen LogP contribution < -0.4 is 14.8 Å². The zero-order valence-electron chi connectivity index (χ0n) is 14.5. The van der Waals surface area contributed by atoms with Crippen molar-refractivity contribution in [3.63, 3.8) is 0 Å². The molecule has 6 nitrogen and oxygen atoms in total. The monoisotopic (exact) mass is 334 g/mol. The number of likely N-dealkylation sites (tertiary alicyclic amines) is 1. The van der Waals surface area contributed by atoms with Gasteiger partial charge in [-0.15, -0.1) is 0 Å². The van der Waals surface area contributed by atoms with E-state index in [0.29, 0.717) is 30.2 Å². The fraction of sp³-hybridized carbons (Fsp3) is 0.556. The predicted octanol–water partition coefficient (Wildman–Crippen LogP) is 2.23. The lowest BCUT2D eigenvalue weighted by Gasteiger charge is -2.26. The van der Waals surface area contributed by atoms with E-state index in [9.17, 15) is 9.59 Å². The van der Waals surface area contributed by atoms with E-state index in [2.05, 4.69) is 5.32 Å². The summed E-state index contributed by atoms with van der Waals surface area (Å²) in [6.45, 7) is 6.33. The van der Waals surface area contributed by atoms with Gasteiger partial charge in [0.1, 0.15) is 0 Å². The Morgan fingerprint density at radius 2 is 1.83 bits per heavy atom. The Balaban J connectivity index is 2.02. The molecule has 6 heteroatoms. The molecule has 0 unspecified atom stereocenters. The highest BCUT2D eigenvalue weighted by Gasteiger charge is 2.18. The van der Waals surface area contributed by atoms with Crippen molar-refractivity contribution in [2.75, 3.05) is 32.8 Å². The van der Waals surface area contributed by atoms with Gasteiger partial charge >= 0.3 is 0 Å². The van der Waals surface area contributed by atoms with E-state index >= 15 is 0 Å². The molecule has 0 saturated carbocycles. The van der Waals surface area contributed by atoms with Crippen molar-refractivity contribution in [1.82, 2.24) is 10.2 Å². The fourth-order valence-electron chi connectivity index (χ4n) is 2.67. The molecule has 1 aromatic rings. The standard InChI is InChI=1S/C18H26N2O4/c1-3-19-18(22)14-8-9-15(16(12-14)23-4-2)24-13-17(21)20-10-6-5-7-11-20/h8-9,12H,3-7,10-11,13H2,1-2H3,(H,19,22). The summed E-state index contributed by atoms with van der Waals surface area (Å²) in [6.07, 6.45) is 3.29. The van der Waals surface area contributed by atoms with Gasteiger partial charge in [0, 0.05) is 25.2 Å². The van der Waals surface area contributed by atoms with Crippen molar-refractivity contribution in [1.29, 1.82) is 0 Å². The zero-order valence-corrected chi connectivity index (χ0v) is 14.5. The summed E-state index contributed by atoms with van der Waals surface area (Å²) in [5.41, 5.74) is 0.509. The maximum Gasteiger partial charge on any atom is 0.260 e. The molecular formula is C18H26N2O4. The lowest BCUT2D eigenvalue weighted by atomic mass is 10.1. The molecule has 2 rings (SSSR count). The number of ether oxygens (including phenoxy) is 2. The van der Waals surface area contributed by atoms with Crippen molar-refractivity contribution in [2.24, 2.45) is 0 Å². The first-order valence-corrected chi connectivity index (χ1v) is 8.61. The second-order valence-electron chi connectivity index (χ2n) is 5.68. The van der Waals surface area contributed by atoms with Crippen LogP contribution in [0.1, 0.15) is 43.5 Å². The van der Waals surface area contributed by atoms with Crippen LogP contribution in [0.4, 0.5) is 0 Å². The largest absolute Gasteiger partial charge is 0.490 e. The molecule has 1 heterocycles. The van der Waals surface area contributed by atoms with Crippen molar-refractivity contribution in [2.45, 2.75) is 33.1 Å². The highest BCUT2D eigenvalue weighted by atomic mass is 16.5. The van der Waals surface area contributed by atoms with Crippen molar-refractivity contribution < 1.29 is 19.1 Å². The Bertz CT molecular complexity index is 568. The van der Waals surface area contributed by atoms with Crippen molar-refractivity contribution in [3.05, 3.63) is 23.8 Å². The number of hydrogen-bond donors (Lipinski definition) is 1. The number of amides is 2. The second-order valence-corrected chi connectivity index (χ2v) is 5.68. The summed E-state index contributed by atoms with van der Waals surface area (Å²) in [5.74, 6) is 0.794. The Morgan fingerprint density at radius 3 is 2.50 bits per heavy atom. The molecule has 1 fully saturated rings. The van der Waals surface area contributed by atoms with Gasteiger partial charge in [0.15, 0.2) is 18.1 Å². The molecule has 1 N–H and O–H groups in total. The van der Waals surface area contributed by atoms with Gasteiger partial charge < -0.3 is 19.7 Å². The molecule has 132 valence electrons. The maximum atomic E-state index is 12.2. The second kappa shape index (κ2) is 9.15. The van der Waals surface area contributed by atoms with Crippen molar-refractivity contribution >= 4 is 11.8 Å². The van der Waals surface area contributed by atoms with Gasteiger partial charge in [-0.05, 0) is 51.3 Å². The van der Waals surface area contributed by atoms with Crippen LogP contribution >= 0.6 is 0 Å². The number of carbonyl (C=O) groups is 2. The Labute approximate surface area is 143 Å². The maximum absolute atomic E-state index is 12.2. The Hall–Kier alpha value is -2.24.